The number of hydrogen-bond acceptors (Lipinski definition) is 3. The second kappa shape index (κ2) is 5.63. The van der Waals surface area contributed by atoms with Crippen molar-refractivity contribution in [3.63, 3.8) is 0 Å². The molecule has 3 rings (SSSR count). The molecule has 1 aromatic heterocycles. The normalized spacial score (nSPS) is 12.3. The van der Waals surface area contributed by atoms with Crippen LogP contribution in [0.4, 0.5) is 4.39 Å². The van der Waals surface area contributed by atoms with Crippen molar-refractivity contribution in [1.29, 1.82) is 0 Å². The van der Waals surface area contributed by atoms with E-state index in [2.05, 4.69) is 15.2 Å². The van der Waals surface area contributed by atoms with Crippen LogP contribution in [0.3, 0.4) is 0 Å². The van der Waals surface area contributed by atoms with Crippen molar-refractivity contribution in [3.05, 3.63) is 70.8 Å². The Labute approximate surface area is 125 Å². The lowest BCUT2D eigenvalue weighted by Gasteiger charge is -2.08. The zero-order chi connectivity index (χ0) is 14.8. The molecule has 1 heterocycles. The third-order valence-corrected chi connectivity index (χ3v) is 3.36. The third kappa shape index (κ3) is 2.94. The molecule has 1 unspecified atom stereocenters. The predicted molar refractivity (Wildman–Crippen MR) is 79.3 cm³/mol. The summed E-state index contributed by atoms with van der Waals surface area (Å²) in [5.41, 5.74) is 7.60. The van der Waals surface area contributed by atoms with Gasteiger partial charge in [-0.3, -0.25) is 5.10 Å². The Hall–Kier alpha value is -2.24. The maximum absolute atomic E-state index is 13.2. The van der Waals surface area contributed by atoms with E-state index in [-0.39, 0.29) is 5.82 Å². The van der Waals surface area contributed by atoms with Crippen LogP contribution in [0.5, 0.6) is 0 Å². The van der Waals surface area contributed by atoms with Crippen LogP contribution in [0.2, 0.25) is 5.02 Å². The number of H-pyrrole nitrogens is 1. The minimum absolute atomic E-state index is 0.333. The van der Waals surface area contributed by atoms with Gasteiger partial charge in [-0.15, -0.1) is 0 Å². The molecule has 0 aliphatic rings. The van der Waals surface area contributed by atoms with Crippen molar-refractivity contribution in [2.24, 2.45) is 5.73 Å². The highest BCUT2D eigenvalue weighted by Crippen LogP contribution is 2.21. The summed E-state index contributed by atoms with van der Waals surface area (Å²) >= 11 is 5.85. The first-order chi connectivity index (χ1) is 10.1. The first-order valence-corrected chi connectivity index (χ1v) is 6.70. The second-order valence-electron chi connectivity index (χ2n) is 4.58. The van der Waals surface area contributed by atoms with E-state index < -0.39 is 6.04 Å². The van der Waals surface area contributed by atoms with E-state index in [1.54, 1.807) is 24.3 Å². The molecule has 3 N–H and O–H groups in total. The molecule has 0 fully saturated rings. The number of nitrogens with one attached hydrogen (secondary N) is 1. The van der Waals surface area contributed by atoms with Crippen molar-refractivity contribution in [1.82, 2.24) is 15.2 Å². The van der Waals surface area contributed by atoms with E-state index in [4.69, 9.17) is 17.3 Å². The highest BCUT2D eigenvalue weighted by Gasteiger charge is 2.15. The SMILES string of the molecule is NC(c1ccc(Cl)cc1)c1nc(-c2cccc(F)c2)n[nH]1. The Morgan fingerprint density at radius 1 is 1.14 bits per heavy atom. The van der Waals surface area contributed by atoms with Crippen LogP contribution in [0.15, 0.2) is 48.5 Å². The summed E-state index contributed by atoms with van der Waals surface area (Å²) < 4.78 is 13.2. The fraction of sp³-hybridized carbons (Fsp3) is 0.0667. The van der Waals surface area contributed by atoms with Gasteiger partial charge >= 0.3 is 0 Å². The highest BCUT2D eigenvalue weighted by atomic mass is 35.5. The average molecular weight is 303 g/mol. The summed E-state index contributed by atoms with van der Waals surface area (Å²) in [7, 11) is 0. The molecule has 2 aromatic carbocycles. The van der Waals surface area contributed by atoms with E-state index in [0.717, 1.165) is 5.56 Å². The van der Waals surface area contributed by atoms with Crippen LogP contribution >= 0.6 is 11.6 Å². The molecule has 0 aliphatic heterocycles. The fourth-order valence-corrected chi connectivity index (χ4v) is 2.12. The number of halogens is 2. The summed E-state index contributed by atoms with van der Waals surface area (Å²) in [6.45, 7) is 0. The largest absolute Gasteiger partial charge is 0.318 e. The lowest BCUT2D eigenvalue weighted by molar-refractivity contribution is 0.628. The molecule has 3 aromatic rings. The molecule has 4 nitrogen and oxygen atoms in total. The van der Waals surface area contributed by atoms with Crippen LogP contribution in [-0.4, -0.2) is 15.2 Å². The number of hydrogen-bond donors (Lipinski definition) is 2. The van der Waals surface area contributed by atoms with E-state index in [0.29, 0.717) is 22.2 Å². The topological polar surface area (TPSA) is 67.6 Å². The minimum atomic E-state index is -0.447. The Balaban J connectivity index is 1.89. The van der Waals surface area contributed by atoms with Gasteiger partial charge in [0.15, 0.2) is 5.82 Å². The van der Waals surface area contributed by atoms with Crippen LogP contribution < -0.4 is 5.73 Å². The summed E-state index contributed by atoms with van der Waals surface area (Å²) in [6, 6.07) is 12.8. The van der Waals surface area contributed by atoms with E-state index in [1.807, 2.05) is 12.1 Å². The van der Waals surface area contributed by atoms with Gasteiger partial charge in [0, 0.05) is 10.6 Å². The molecule has 6 heteroatoms. The van der Waals surface area contributed by atoms with Crippen LogP contribution in [0.25, 0.3) is 11.4 Å². The lowest BCUT2D eigenvalue weighted by Crippen LogP contribution is -2.13. The zero-order valence-corrected chi connectivity index (χ0v) is 11.7. The number of aromatic nitrogens is 3. The Morgan fingerprint density at radius 3 is 2.62 bits per heavy atom. The zero-order valence-electron chi connectivity index (χ0n) is 10.9. The van der Waals surface area contributed by atoms with Crippen molar-refractivity contribution in [3.8, 4) is 11.4 Å². The predicted octanol–water partition coefficient (Wildman–Crippen LogP) is 3.31. The van der Waals surface area contributed by atoms with E-state index in [9.17, 15) is 4.39 Å². The summed E-state index contributed by atoms with van der Waals surface area (Å²) in [4.78, 5) is 4.33. The second-order valence-corrected chi connectivity index (χ2v) is 5.02. The fourth-order valence-electron chi connectivity index (χ4n) is 2.00. The van der Waals surface area contributed by atoms with Crippen molar-refractivity contribution < 1.29 is 4.39 Å². The van der Waals surface area contributed by atoms with Crippen molar-refractivity contribution in [2.45, 2.75) is 6.04 Å². The third-order valence-electron chi connectivity index (χ3n) is 3.11. The van der Waals surface area contributed by atoms with Gasteiger partial charge < -0.3 is 5.73 Å². The molecule has 0 amide bonds. The first kappa shape index (κ1) is 13.7. The Morgan fingerprint density at radius 2 is 1.90 bits per heavy atom. The Bertz CT molecular complexity index is 754. The highest BCUT2D eigenvalue weighted by molar-refractivity contribution is 6.30. The molecule has 0 saturated heterocycles. The van der Waals surface area contributed by atoms with Gasteiger partial charge in [0.1, 0.15) is 11.6 Å². The Kier molecular flexibility index (Phi) is 3.68. The van der Waals surface area contributed by atoms with Crippen LogP contribution in [0, 0.1) is 5.82 Å². The maximum Gasteiger partial charge on any atom is 0.181 e. The lowest BCUT2D eigenvalue weighted by atomic mass is 10.1. The average Bonchev–Trinajstić information content (AvgIpc) is 2.97. The summed E-state index contributed by atoms with van der Waals surface area (Å²) in [5.74, 6) is 0.589. The van der Waals surface area contributed by atoms with Crippen molar-refractivity contribution in [2.75, 3.05) is 0 Å². The van der Waals surface area contributed by atoms with Crippen LogP contribution in [-0.2, 0) is 0 Å². The molecule has 1 atom stereocenters. The van der Waals surface area contributed by atoms with Crippen LogP contribution in [0.1, 0.15) is 17.4 Å². The quantitative estimate of drug-likeness (QED) is 0.780. The number of aromatic amines is 1. The monoisotopic (exact) mass is 302 g/mol. The summed E-state index contributed by atoms with van der Waals surface area (Å²) in [6.07, 6.45) is 0. The van der Waals surface area contributed by atoms with Gasteiger partial charge in [-0.1, -0.05) is 35.9 Å². The molecular weight excluding hydrogens is 291 g/mol. The number of rotatable bonds is 3. The van der Waals surface area contributed by atoms with E-state index in [1.165, 1.54) is 12.1 Å². The van der Waals surface area contributed by atoms with Gasteiger partial charge in [0.2, 0.25) is 0 Å². The molecular formula is C15H12ClFN4. The molecule has 0 saturated carbocycles. The van der Waals surface area contributed by atoms with Gasteiger partial charge in [-0.25, -0.2) is 9.37 Å². The first-order valence-electron chi connectivity index (χ1n) is 6.33. The molecule has 0 radical (unpaired) electrons. The smallest absolute Gasteiger partial charge is 0.181 e. The number of benzene rings is 2. The van der Waals surface area contributed by atoms with Crippen molar-refractivity contribution >= 4 is 11.6 Å². The molecule has 0 bridgehead atoms. The van der Waals surface area contributed by atoms with Gasteiger partial charge in [-0.05, 0) is 29.8 Å². The maximum atomic E-state index is 13.2. The molecule has 106 valence electrons. The van der Waals surface area contributed by atoms with Gasteiger partial charge in [0.05, 0.1) is 6.04 Å². The number of nitrogens with two attached hydrogens (primary N) is 1. The van der Waals surface area contributed by atoms with Gasteiger partial charge in [-0.2, -0.15) is 5.10 Å². The standard InChI is InChI=1S/C15H12ClFN4/c16-11-6-4-9(5-7-11)13(18)15-19-14(20-21-15)10-2-1-3-12(17)8-10/h1-8,13H,18H2,(H,19,20,21). The molecule has 0 spiro atoms. The minimum Gasteiger partial charge on any atom is -0.318 e. The van der Waals surface area contributed by atoms with E-state index >= 15 is 0 Å². The van der Waals surface area contributed by atoms with Gasteiger partial charge in [0.25, 0.3) is 0 Å². The molecule has 21 heavy (non-hydrogen) atoms. The molecule has 0 aliphatic carbocycles. The summed E-state index contributed by atoms with van der Waals surface area (Å²) in [5, 5.41) is 7.52. The number of nitrogens with zero attached hydrogens (tertiary/aromatic N) is 2.